The molecule has 2 aromatic carbocycles. The SMILES string of the molecule is COc1ccccc1N(C)c1ccccc1C(C)O. The van der Waals surface area contributed by atoms with Gasteiger partial charge in [-0.2, -0.15) is 0 Å². The Labute approximate surface area is 114 Å². The summed E-state index contributed by atoms with van der Waals surface area (Å²) in [5, 5.41) is 9.87. The van der Waals surface area contributed by atoms with E-state index in [1.54, 1.807) is 14.0 Å². The van der Waals surface area contributed by atoms with Gasteiger partial charge in [-0.3, -0.25) is 0 Å². The third-order valence-corrected chi connectivity index (χ3v) is 3.19. The number of ether oxygens (including phenoxy) is 1. The molecule has 1 N–H and O–H groups in total. The average Bonchev–Trinajstić information content (AvgIpc) is 2.46. The van der Waals surface area contributed by atoms with E-state index in [0.29, 0.717) is 0 Å². The van der Waals surface area contributed by atoms with E-state index in [0.717, 1.165) is 22.7 Å². The van der Waals surface area contributed by atoms with Gasteiger partial charge >= 0.3 is 0 Å². The Kier molecular flexibility index (Phi) is 4.07. The first-order valence-corrected chi connectivity index (χ1v) is 6.29. The zero-order valence-electron chi connectivity index (χ0n) is 11.5. The first-order chi connectivity index (χ1) is 9.15. The van der Waals surface area contributed by atoms with Crippen LogP contribution in [0.15, 0.2) is 48.5 Å². The summed E-state index contributed by atoms with van der Waals surface area (Å²) in [5.74, 6) is 0.811. The van der Waals surface area contributed by atoms with Crippen molar-refractivity contribution >= 4 is 11.4 Å². The number of rotatable bonds is 4. The average molecular weight is 257 g/mol. The second-order valence-electron chi connectivity index (χ2n) is 4.47. The van der Waals surface area contributed by atoms with Gasteiger partial charge in [-0.1, -0.05) is 30.3 Å². The Morgan fingerprint density at radius 3 is 2.21 bits per heavy atom. The molecule has 0 aliphatic carbocycles. The van der Waals surface area contributed by atoms with Gasteiger partial charge in [-0.25, -0.2) is 0 Å². The molecule has 0 radical (unpaired) electrons. The number of hydrogen-bond donors (Lipinski definition) is 1. The molecule has 0 saturated carbocycles. The van der Waals surface area contributed by atoms with Crippen molar-refractivity contribution in [2.45, 2.75) is 13.0 Å². The van der Waals surface area contributed by atoms with Gasteiger partial charge in [0.1, 0.15) is 5.75 Å². The second kappa shape index (κ2) is 5.76. The Morgan fingerprint density at radius 1 is 1.00 bits per heavy atom. The Balaban J connectivity index is 2.47. The summed E-state index contributed by atoms with van der Waals surface area (Å²) in [6.07, 6.45) is -0.506. The molecule has 1 unspecified atom stereocenters. The Hall–Kier alpha value is -2.00. The fraction of sp³-hybridized carbons (Fsp3) is 0.250. The fourth-order valence-electron chi connectivity index (χ4n) is 2.18. The van der Waals surface area contributed by atoms with Crippen LogP contribution in [0.3, 0.4) is 0 Å². The molecule has 0 aliphatic rings. The van der Waals surface area contributed by atoms with Crippen molar-refractivity contribution in [2.75, 3.05) is 19.1 Å². The number of nitrogens with zero attached hydrogens (tertiary/aromatic N) is 1. The quantitative estimate of drug-likeness (QED) is 0.909. The molecule has 0 saturated heterocycles. The van der Waals surface area contributed by atoms with E-state index in [2.05, 4.69) is 0 Å². The van der Waals surface area contributed by atoms with Crippen molar-refractivity contribution < 1.29 is 9.84 Å². The lowest BCUT2D eigenvalue weighted by Crippen LogP contribution is -2.13. The lowest BCUT2D eigenvalue weighted by molar-refractivity contribution is 0.200. The molecule has 100 valence electrons. The number of methoxy groups -OCH3 is 1. The molecule has 0 aliphatic heterocycles. The molecule has 0 fully saturated rings. The van der Waals surface area contributed by atoms with Crippen LogP contribution in [-0.2, 0) is 0 Å². The smallest absolute Gasteiger partial charge is 0.142 e. The van der Waals surface area contributed by atoms with E-state index in [-0.39, 0.29) is 0 Å². The van der Waals surface area contributed by atoms with Crippen LogP contribution >= 0.6 is 0 Å². The van der Waals surface area contributed by atoms with Gasteiger partial charge in [0.05, 0.1) is 18.9 Å². The minimum absolute atomic E-state index is 0.506. The summed E-state index contributed by atoms with van der Waals surface area (Å²) >= 11 is 0. The second-order valence-corrected chi connectivity index (χ2v) is 4.47. The van der Waals surface area contributed by atoms with Crippen molar-refractivity contribution in [1.82, 2.24) is 0 Å². The summed E-state index contributed by atoms with van der Waals surface area (Å²) in [4.78, 5) is 2.03. The molecule has 1 atom stereocenters. The van der Waals surface area contributed by atoms with Crippen molar-refractivity contribution in [2.24, 2.45) is 0 Å². The zero-order valence-corrected chi connectivity index (χ0v) is 11.5. The molecular formula is C16H19NO2. The molecule has 0 spiro atoms. The van der Waals surface area contributed by atoms with Crippen LogP contribution in [0.2, 0.25) is 0 Å². The van der Waals surface area contributed by atoms with E-state index in [4.69, 9.17) is 4.74 Å². The van der Waals surface area contributed by atoms with E-state index in [1.165, 1.54) is 0 Å². The van der Waals surface area contributed by atoms with Crippen molar-refractivity contribution in [3.8, 4) is 5.75 Å². The van der Waals surface area contributed by atoms with E-state index >= 15 is 0 Å². The molecule has 2 aromatic rings. The number of para-hydroxylation sites is 3. The van der Waals surface area contributed by atoms with Crippen LogP contribution in [-0.4, -0.2) is 19.3 Å². The lowest BCUT2D eigenvalue weighted by atomic mass is 10.1. The lowest BCUT2D eigenvalue weighted by Gasteiger charge is -2.25. The van der Waals surface area contributed by atoms with Crippen LogP contribution in [0.25, 0.3) is 0 Å². The molecule has 0 amide bonds. The maximum absolute atomic E-state index is 9.87. The number of aliphatic hydroxyl groups excluding tert-OH is 1. The Morgan fingerprint density at radius 2 is 1.58 bits per heavy atom. The number of benzene rings is 2. The molecule has 0 bridgehead atoms. The highest BCUT2D eigenvalue weighted by Crippen LogP contribution is 2.35. The summed E-state index contributed by atoms with van der Waals surface area (Å²) in [5.41, 5.74) is 2.84. The van der Waals surface area contributed by atoms with Gasteiger partial charge in [0.15, 0.2) is 0 Å². The van der Waals surface area contributed by atoms with Crippen LogP contribution in [0.1, 0.15) is 18.6 Å². The van der Waals surface area contributed by atoms with Crippen molar-refractivity contribution in [1.29, 1.82) is 0 Å². The van der Waals surface area contributed by atoms with Gasteiger partial charge in [0, 0.05) is 18.3 Å². The highest BCUT2D eigenvalue weighted by atomic mass is 16.5. The molecule has 0 heterocycles. The first kappa shape index (κ1) is 13.4. The first-order valence-electron chi connectivity index (χ1n) is 6.29. The normalized spacial score (nSPS) is 12.0. The van der Waals surface area contributed by atoms with E-state index < -0.39 is 6.10 Å². The van der Waals surface area contributed by atoms with E-state index in [9.17, 15) is 5.11 Å². The summed E-state index contributed by atoms with van der Waals surface area (Å²) < 4.78 is 5.38. The topological polar surface area (TPSA) is 32.7 Å². The number of hydrogen-bond acceptors (Lipinski definition) is 3. The van der Waals surface area contributed by atoms with Crippen LogP contribution in [0, 0.1) is 0 Å². The van der Waals surface area contributed by atoms with Gasteiger partial charge in [0.2, 0.25) is 0 Å². The summed E-state index contributed by atoms with van der Waals surface area (Å²) in [7, 11) is 3.63. The third-order valence-electron chi connectivity index (χ3n) is 3.19. The maximum Gasteiger partial charge on any atom is 0.142 e. The predicted octanol–water partition coefficient (Wildman–Crippen LogP) is 3.52. The van der Waals surface area contributed by atoms with Crippen LogP contribution < -0.4 is 9.64 Å². The predicted molar refractivity (Wildman–Crippen MR) is 78.1 cm³/mol. The largest absolute Gasteiger partial charge is 0.495 e. The van der Waals surface area contributed by atoms with Gasteiger partial charge in [-0.05, 0) is 25.1 Å². The minimum Gasteiger partial charge on any atom is -0.495 e. The molecule has 19 heavy (non-hydrogen) atoms. The van der Waals surface area contributed by atoms with Gasteiger partial charge in [-0.15, -0.1) is 0 Å². The van der Waals surface area contributed by atoms with Crippen LogP contribution in [0.5, 0.6) is 5.75 Å². The highest BCUT2D eigenvalue weighted by molar-refractivity contribution is 5.71. The Bertz CT molecular complexity index is 552. The molecular weight excluding hydrogens is 238 g/mol. The van der Waals surface area contributed by atoms with Crippen molar-refractivity contribution in [3.05, 3.63) is 54.1 Å². The molecule has 0 aromatic heterocycles. The number of aliphatic hydroxyl groups is 1. The highest BCUT2D eigenvalue weighted by Gasteiger charge is 2.14. The summed E-state index contributed by atoms with van der Waals surface area (Å²) in [6, 6.07) is 15.7. The van der Waals surface area contributed by atoms with Gasteiger partial charge in [0.25, 0.3) is 0 Å². The molecule has 3 nitrogen and oxygen atoms in total. The van der Waals surface area contributed by atoms with E-state index in [1.807, 2.05) is 60.5 Å². The monoisotopic (exact) mass is 257 g/mol. The zero-order chi connectivity index (χ0) is 13.8. The maximum atomic E-state index is 9.87. The van der Waals surface area contributed by atoms with Crippen molar-refractivity contribution in [3.63, 3.8) is 0 Å². The molecule has 2 rings (SSSR count). The van der Waals surface area contributed by atoms with Crippen LogP contribution in [0.4, 0.5) is 11.4 Å². The molecule has 3 heteroatoms. The third kappa shape index (κ3) is 2.71. The standard InChI is InChI=1S/C16H19NO2/c1-12(18)13-8-4-5-9-14(13)17(2)15-10-6-7-11-16(15)19-3/h4-12,18H,1-3H3. The van der Waals surface area contributed by atoms with Gasteiger partial charge < -0.3 is 14.7 Å². The summed E-state index contributed by atoms with van der Waals surface area (Å²) in [6.45, 7) is 1.77. The fourth-order valence-corrected chi connectivity index (χ4v) is 2.18. The number of anilines is 2. The minimum atomic E-state index is -0.506.